The highest BCUT2D eigenvalue weighted by Crippen LogP contribution is 2.38. The number of imidazole rings is 1. The Hall–Kier alpha value is -3.92. The molecule has 144 valence electrons. The minimum Gasteiger partial charge on any atom is -0.455 e. The Kier molecular flexibility index (Phi) is 2.96. The number of hydrogen-bond donors (Lipinski definition) is 0. The molecular weight excluding hydrogens is 370 g/mol. The summed E-state index contributed by atoms with van der Waals surface area (Å²) in [6.45, 7) is -0.327. The molecule has 3 aromatic carbocycles. The first kappa shape index (κ1) is 14.1. The van der Waals surface area contributed by atoms with E-state index in [0.29, 0.717) is 22.4 Å². The van der Waals surface area contributed by atoms with E-state index in [9.17, 15) is 0 Å². The van der Waals surface area contributed by atoms with Crippen LogP contribution in [0, 0.1) is 13.8 Å². The molecule has 0 bridgehead atoms. The highest BCUT2D eigenvalue weighted by Gasteiger charge is 2.20. The predicted molar refractivity (Wildman–Crippen MR) is 121 cm³/mol. The van der Waals surface area contributed by atoms with Crippen LogP contribution in [-0.2, 0) is 0 Å². The highest BCUT2D eigenvalue weighted by atomic mass is 16.3. The number of hydrogen-bond acceptors (Lipinski definition) is 3. The molecule has 4 nitrogen and oxygen atoms in total. The van der Waals surface area contributed by atoms with Gasteiger partial charge >= 0.3 is 0 Å². The largest absolute Gasteiger partial charge is 0.455 e. The summed E-state index contributed by atoms with van der Waals surface area (Å²) >= 11 is 0. The lowest BCUT2D eigenvalue weighted by Crippen LogP contribution is -1.99. The van der Waals surface area contributed by atoms with Crippen molar-refractivity contribution in [1.82, 2.24) is 14.5 Å². The van der Waals surface area contributed by atoms with E-state index in [1.165, 1.54) is 6.20 Å². The Morgan fingerprint density at radius 2 is 1.83 bits per heavy atom. The van der Waals surface area contributed by atoms with E-state index >= 15 is 0 Å². The number of benzene rings is 3. The van der Waals surface area contributed by atoms with Gasteiger partial charge in [0.25, 0.3) is 0 Å². The van der Waals surface area contributed by atoms with E-state index in [0.717, 1.165) is 33.2 Å². The van der Waals surface area contributed by atoms with Crippen LogP contribution in [0.4, 0.5) is 0 Å². The lowest BCUT2D eigenvalue weighted by molar-refractivity contribution is 0.669. The molecule has 0 spiro atoms. The van der Waals surface area contributed by atoms with Crippen LogP contribution in [-0.4, -0.2) is 14.5 Å². The van der Waals surface area contributed by atoms with Crippen molar-refractivity contribution in [1.29, 1.82) is 0 Å². The molecule has 0 atom stereocenters. The molecule has 0 saturated heterocycles. The fourth-order valence-corrected chi connectivity index (χ4v) is 4.12. The summed E-state index contributed by atoms with van der Waals surface area (Å²) in [6.07, 6.45) is 1.50. The molecule has 0 saturated carbocycles. The Bertz CT molecular complexity index is 1660. The Labute approximate surface area is 177 Å². The maximum atomic E-state index is 8.06. The molecule has 0 radical (unpaired) electrons. The van der Waals surface area contributed by atoms with Gasteiger partial charge in [-0.1, -0.05) is 42.0 Å². The van der Waals surface area contributed by atoms with Crippen molar-refractivity contribution in [3.05, 3.63) is 90.3 Å². The van der Waals surface area contributed by atoms with E-state index in [4.69, 9.17) is 13.5 Å². The molecule has 0 aliphatic heterocycles. The number of pyridine rings is 1. The van der Waals surface area contributed by atoms with Crippen LogP contribution in [0.25, 0.3) is 50.0 Å². The maximum absolute atomic E-state index is 8.06. The van der Waals surface area contributed by atoms with Gasteiger partial charge in [-0.15, -0.1) is 0 Å². The van der Waals surface area contributed by atoms with E-state index in [-0.39, 0.29) is 5.69 Å². The van der Waals surface area contributed by atoms with Crippen LogP contribution >= 0.6 is 0 Å². The Morgan fingerprint density at radius 1 is 0.933 bits per heavy atom. The minimum absolute atomic E-state index is 0.0232. The van der Waals surface area contributed by atoms with E-state index in [1.54, 1.807) is 6.07 Å². The van der Waals surface area contributed by atoms with Gasteiger partial charge in [0.2, 0.25) is 0 Å². The SMILES string of the molecule is [2H]C([2H])([2H])c1nccc2nc(-c3cccc4c3oc3ccc(C)cc34)n(-c3ccccc3)c12. The zero-order valence-electron chi connectivity index (χ0n) is 19.3. The van der Waals surface area contributed by atoms with Crippen molar-refractivity contribution >= 4 is 33.0 Å². The van der Waals surface area contributed by atoms with Gasteiger partial charge in [-0.05, 0) is 50.2 Å². The van der Waals surface area contributed by atoms with E-state index in [2.05, 4.69) is 18.0 Å². The average Bonchev–Trinajstić information content (AvgIpc) is 3.37. The molecule has 6 aromatic rings. The summed E-state index contributed by atoms with van der Waals surface area (Å²) in [4.78, 5) is 9.12. The molecule has 3 aromatic heterocycles. The molecule has 0 amide bonds. The minimum atomic E-state index is -2.38. The van der Waals surface area contributed by atoms with E-state index in [1.807, 2.05) is 65.2 Å². The lowest BCUT2D eigenvalue weighted by atomic mass is 10.1. The van der Waals surface area contributed by atoms with Crippen molar-refractivity contribution in [2.45, 2.75) is 13.8 Å². The van der Waals surface area contributed by atoms with Gasteiger partial charge in [0.1, 0.15) is 17.0 Å². The van der Waals surface area contributed by atoms with Crippen LogP contribution in [0.2, 0.25) is 0 Å². The van der Waals surface area contributed by atoms with Gasteiger partial charge in [0, 0.05) is 26.8 Å². The molecule has 3 heterocycles. The van der Waals surface area contributed by atoms with Gasteiger partial charge in [-0.25, -0.2) is 4.98 Å². The molecular formula is C26H19N3O. The molecule has 4 heteroatoms. The normalized spacial score (nSPS) is 13.6. The number of rotatable bonds is 2. The monoisotopic (exact) mass is 392 g/mol. The van der Waals surface area contributed by atoms with Crippen LogP contribution in [0.3, 0.4) is 0 Å². The Morgan fingerprint density at radius 3 is 2.70 bits per heavy atom. The topological polar surface area (TPSA) is 43.9 Å². The predicted octanol–water partition coefficient (Wildman–Crippen LogP) is 6.60. The van der Waals surface area contributed by atoms with Crippen LogP contribution < -0.4 is 0 Å². The fraction of sp³-hybridized carbons (Fsp3) is 0.0769. The second kappa shape index (κ2) is 6.29. The van der Waals surface area contributed by atoms with Gasteiger partial charge < -0.3 is 4.42 Å². The number of nitrogens with zero attached hydrogens (tertiary/aromatic N) is 3. The zero-order valence-corrected chi connectivity index (χ0v) is 16.3. The van der Waals surface area contributed by atoms with Gasteiger partial charge in [0.15, 0.2) is 0 Å². The number of aryl methyl sites for hydroxylation is 2. The standard InChI is InChI=1S/C26H19N3O/c1-16-11-12-23-21(15-16)19-9-6-10-20(25(19)30-23)26-28-22-13-14-27-17(2)24(22)29(26)18-7-4-3-5-8-18/h3-15H,1-2H3/i2D3. The fourth-order valence-electron chi connectivity index (χ4n) is 4.12. The van der Waals surface area contributed by atoms with Crippen molar-refractivity contribution in [2.24, 2.45) is 0 Å². The second-order valence-electron chi connectivity index (χ2n) is 7.42. The lowest BCUT2D eigenvalue weighted by Gasteiger charge is -2.10. The van der Waals surface area contributed by atoms with Crippen molar-refractivity contribution in [2.75, 3.05) is 0 Å². The molecule has 0 fully saturated rings. The maximum Gasteiger partial charge on any atom is 0.149 e. The van der Waals surface area contributed by atoms with Crippen molar-refractivity contribution < 1.29 is 8.53 Å². The van der Waals surface area contributed by atoms with Crippen LogP contribution in [0.5, 0.6) is 0 Å². The molecule has 0 aliphatic rings. The summed E-state index contributed by atoms with van der Waals surface area (Å²) < 4.78 is 32.4. The number of aromatic nitrogens is 3. The Balaban J connectivity index is 1.76. The average molecular weight is 392 g/mol. The van der Waals surface area contributed by atoms with E-state index < -0.39 is 6.85 Å². The number of para-hydroxylation sites is 2. The summed E-state index contributed by atoms with van der Waals surface area (Å²) in [5, 5.41) is 2.03. The first-order valence-electron chi connectivity index (χ1n) is 11.3. The third-order valence-electron chi connectivity index (χ3n) is 5.47. The molecule has 0 unspecified atom stereocenters. The van der Waals surface area contributed by atoms with Gasteiger partial charge in [-0.3, -0.25) is 9.55 Å². The summed E-state index contributed by atoms with van der Waals surface area (Å²) in [7, 11) is 0. The quantitative estimate of drug-likeness (QED) is 0.333. The number of furan rings is 1. The van der Waals surface area contributed by atoms with Crippen LogP contribution in [0.15, 0.2) is 83.4 Å². The highest BCUT2D eigenvalue weighted by molar-refractivity contribution is 6.09. The third-order valence-corrected chi connectivity index (χ3v) is 5.47. The van der Waals surface area contributed by atoms with Crippen molar-refractivity contribution in [3.63, 3.8) is 0 Å². The van der Waals surface area contributed by atoms with Gasteiger partial charge in [0.05, 0.1) is 22.3 Å². The smallest absolute Gasteiger partial charge is 0.149 e. The second-order valence-corrected chi connectivity index (χ2v) is 7.42. The summed E-state index contributed by atoms with van der Waals surface area (Å²) in [6, 6.07) is 23.5. The summed E-state index contributed by atoms with van der Waals surface area (Å²) in [5.41, 5.74) is 5.33. The summed E-state index contributed by atoms with van der Waals surface area (Å²) in [5.74, 6) is 0.607. The zero-order chi connectivity index (χ0) is 22.7. The first-order chi connectivity index (χ1) is 15.9. The van der Waals surface area contributed by atoms with Crippen LogP contribution in [0.1, 0.15) is 15.4 Å². The van der Waals surface area contributed by atoms with Gasteiger partial charge in [-0.2, -0.15) is 0 Å². The molecule has 6 rings (SSSR count). The molecule has 0 N–H and O–H groups in total. The third kappa shape index (κ3) is 2.40. The molecule has 0 aliphatic carbocycles. The number of fused-ring (bicyclic) bond motifs is 4. The molecule has 30 heavy (non-hydrogen) atoms. The van der Waals surface area contributed by atoms with Crippen molar-refractivity contribution in [3.8, 4) is 17.1 Å². The first-order valence-corrected chi connectivity index (χ1v) is 9.77.